The standard InChI is InChI=1S/C29H33NO4S.C2H6/c1-18-13-28(33-11-6-12-35(4,31)32)30-20(3)29(18)25-8-5-7-21(19(25)2)17-34-24-9-10-26-22(15-24)14-23-16-27(23)26;1-2/h5,7-10,13,15,23,27H,6,11-12,14,16-17H2,1-4H3;1-2H3. The number of hydrogen-bond donors (Lipinski definition) is 0. The fourth-order valence-corrected chi connectivity index (χ4v) is 6.04. The Morgan fingerprint density at radius 2 is 1.81 bits per heavy atom. The Kier molecular flexibility index (Phi) is 8.27. The molecule has 5 nitrogen and oxygen atoms in total. The van der Waals surface area contributed by atoms with Gasteiger partial charge in [-0.25, -0.2) is 13.4 Å². The van der Waals surface area contributed by atoms with E-state index in [1.807, 2.05) is 26.8 Å². The summed E-state index contributed by atoms with van der Waals surface area (Å²) in [4.78, 5) is 4.65. The summed E-state index contributed by atoms with van der Waals surface area (Å²) < 4.78 is 34.6. The van der Waals surface area contributed by atoms with Crippen LogP contribution < -0.4 is 9.47 Å². The molecule has 0 radical (unpaired) electrons. The highest BCUT2D eigenvalue weighted by atomic mass is 32.2. The molecule has 3 aromatic rings. The maximum atomic E-state index is 11.3. The van der Waals surface area contributed by atoms with E-state index in [0.717, 1.165) is 45.5 Å². The van der Waals surface area contributed by atoms with Crippen molar-refractivity contribution in [2.24, 2.45) is 5.92 Å². The molecule has 0 N–H and O–H groups in total. The second-order valence-electron chi connectivity index (χ2n) is 10.1. The van der Waals surface area contributed by atoms with Gasteiger partial charge in [0.05, 0.1) is 12.4 Å². The molecule has 2 aliphatic rings. The zero-order chi connectivity index (χ0) is 26.7. The molecule has 0 amide bonds. The molecule has 198 valence electrons. The first-order chi connectivity index (χ1) is 17.7. The molecule has 5 rings (SSSR count). The highest BCUT2D eigenvalue weighted by Gasteiger charge is 2.44. The van der Waals surface area contributed by atoms with Crippen LogP contribution in [0.25, 0.3) is 11.1 Å². The van der Waals surface area contributed by atoms with Crippen LogP contribution in [0.3, 0.4) is 0 Å². The van der Waals surface area contributed by atoms with Gasteiger partial charge in [-0.3, -0.25) is 0 Å². The van der Waals surface area contributed by atoms with Crippen LogP contribution in [0.5, 0.6) is 11.6 Å². The first-order valence-corrected chi connectivity index (χ1v) is 15.4. The molecular formula is C31H39NO4S. The summed E-state index contributed by atoms with van der Waals surface area (Å²) in [6.07, 6.45) is 4.26. The maximum Gasteiger partial charge on any atom is 0.213 e. The summed E-state index contributed by atoms with van der Waals surface area (Å²) in [6, 6.07) is 14.9. The van der Waals surface area contributed by atoms with Crippen molar-refractivity contribution < 1.29 is 17.9 Å². The van der Waals surface area contributed by atoms with E-state index in [2.05, 4.69) is 55.2 Å². The summed E-state index contributed by atoms with van der Waals surface area (Å²) >= 11 is 0. The van der Waals surface area contributed by atoms with Gasteiger partial charge < -0.3 is 9.47 Å². The van der Waals surface area contributed by atoms with E-state index in [1.165, 1.54) is 35.8 Å². The number of aryl methyl sites for hydroxylation is 2. The van der Waals surface area contributed by atoms with Crippen LogP contribution in [0, 0.1) is 26.7 Å². The normalized spacial score (nSPS) is 17.4. The summed E-state index contributed by atoms with van der Waals surface area (Å²) in [6.45, 7) is 11.0. The smallest absolute Gasteiger partial charge is 0.213 e. The van der Waals surface area contributed by atoms with Gasteiger partial charge in [-0.15, -0.1) is 0 Å². The van der Waals surface area contributed by atoms with Gasteiger partial charge in [0, 0.05) is 23.6 Å². The second kappa shape index (κ2) is 11.3. The van der Waals surface area contributed by atoms with Crippen molar-refractivity contribution in [1.82, 2.24) is 4.98 Å². The van der Waals surface area contributed by atoms with Crippen molar-refractivity contribution in [2.45, 2.75) is 66.4 Å². The average Bonchev–Trinajstić information content (AvgIpc) is 3.53. The van der Waals surface area contributed by atoms with Crippen LogP contribution in [0.15, 0.2) is 42.5 Å². The molecule has 0 bridgehead atoms. The van der Waals surface area contributed by atoms with E-state index in [0.29, 0.717) is 25.5 Å². The fraction of sp³-hybridized carbons (Fsp3) is 0.452. The zero-order valence-electron chi connectivity index (χ0n) is 22.9. The van der Waals surface area contributed by atoms with Crippen LogP contribution in [-0.4, -0.2) is 32.0 Å². The van der Waals surface area contributed by atoms with E-state index in [1.54, 1.807) is 0 Å². The lowest BCUT2D eigenvalue weighted by Gasteiger charge is -2.17. The van der Waals surface area contributed by atoms with Crippen LogP contribution in [0.1, 0.15) is 66.1 Å². The molecule has 2 unspecified atom stereocenters. The largest absolute Gasteiger partial charge is 0.489 e. The molecule has 0 saturated heterocycles. The maximum absolute atomic E-state index is 11.3. The molecule has 0 spiro atoms. The third-order valence-corrected chi connectivity index (χ3v) is 8.34. The average molecular weight is 522 g/mol. The zero-order valence-corrected chi connectivity index (χ0v) is 23.7. The molecule has 2 atom stereocenters. The monoisotopic (exact) mass is 521 g/mol. The second-order valence-corrected chi connectivity index (χ2v) is 12.4. The van der Waals surface area contributed by atoms with Gasteiger partial charge in [-0.05, 0) is 97.4 Å². The SMILES string of the molecule is CC.Cc1cc(OCCCS(C)(=O)=O)nc(C)c1-c1cccc(COc2ccc3c(c2)CC2CC32)c1C. The predicted octanol–water partition coefficient (Wildman–Crippen LogP) is 6.75. The Morgan fingerprint density at radius 3 is 2.54 bits per heavy atom. The van der Waals surface area contributed by atoms with Gasteiger partial charge in [0.2, 0.25) is 5.88 Å². The first-order valence-electron chi connectivity index (χ1n) is 13.3. The van der Waals surface area contributed by atoms with Crippen molar-refractivity contribution in [3.8, 4) is 22.8 Å². The number of aromatic nitrogens is 1. The van der Waals surface area contributed by atoms with E-state index in [-0.39, 0.29) is 5.75 Å². The summed E-state index contributed by atoms with van der Waals surface area (Å²) in [5, 5.41) is 0. The highest BCUT2D eigenvalue weighted by Crippen LogP contribution is 2.56. The quantitative estimate of drug-likeness (QED) is 0.291. The summed E-state index contributed by atoms with van der Waals surface area (Å²) in [5.74, 6) is 3.28. The number of nitrogens with zero attached hydrogens (tertiary/aromatic N) is 1. The van der Waals surface area contributed by atoms with Gasteiger partial charge in [-0.2, -0.15) is 0 Å². The molecule has 1 fully saturated rings. The number of rotatable bonds is 9. The molecule has 0 aliphatic heterocycles. The van der Waals surface area contributed by atoms with Crippen molar-refractivity contribution in [1.29, 1.82) is 0 Å². The van der Waals surface area contributed by atoms with Gasteiger partial charge in [-0.1, -0.05) is 38.1 Å². The molecular weight excluding hydrogens is 482 g/mol. The van der Waals surface area contributed by atoms with Gasteiger partial charge >= 0.3 is 0 Å². The predicted molar refractivity (Wildman–Crippen MR) is 150 cm³/mol. The van der Waals surface area contributed by atoms with E-state index in [9.17, 15) is 8.42 Å². The Balaban J connectivity index is 0.00000156. The molecule has 2 aliphatic carbocycles. The summed E-state index contributed by atoms with van der Waals surface area (Å²) in [5.41, 5.74) is 9.55. The first kappa shape index (κ1) is 27.2. The number of benzene rings is 2. The lowest BCUT2D eigenvalue weighted by molar-refractivity contribution is 0.304. The minimum absolute atomic E-state index is 0.115. The number of ether oxygens (including phenoxy) is 2. The highest BCUT2D eigenvalue weighted by molar-refractivity contribution is 7.90. The van der Waals surface area contributed by atoms with Crippen LogP contribution in [0.4, 0.5) is 0 Å². The Bertz CT molecular complexity index is 1360. The molecule has 1 aromatic heterocycles. The van der Waals surface area contributed by atoms with Gasteiger partial charge in [0.1, 0.15) is 22.2 Å². The van der Waals surface area contributed by atoms with Crippen molar-refractivity contribution in [2.75, 3.05) is 18.6 Å². The van der Waals surface area contributed by atoms with Gasteiger partial charge in [0.15, 0.2) is 0 Å². The third kappa shape index (κ3) is 6.35. The minimum Gasteiger partial charge on any atom is -0.489 e. The Morgan fingerprint density at radius 1 is 1.03 bits per heavy atom. The lowest BCUT2D eigenvalue weighted by Crippen LogP contribution is -2.09. The van der Waals surface area contributed by atoms with Crippen molar-refractivity contribution in [3.05, 3.63) is 76.0 Å². The van der Waals surface area contributed by atoms with E-state index >= 15 is 0 Å². The van der Waals surface area contributed by atoms with Crippen molar-refractivity contribution in [3.63, 3.8) is 0 Å². The van der Waals surface area contributed by atoms with Gasteiger partial charge in [0.25, 0.3) is 0 Å². The van der Waals surface area contributed by atoms with Crippen LogP contribution in [-0.2, 0) is 22.9 Å². The van der Waals surface area contributed by atoms with E-state index < -0.39 is 9.84 Å². The molecule has 6 heteroatoms. The van der Waals surface area contributed by atoms with Crippen LogP contribution >= 0.6 is 0 Å². The third-order valence-electron chi connectivity index (χ3n) is 7.31. The Hall–Kier alpha value is -2.86. The Labute approximate surface area is 222 Å². The van der Waals surface area contributed by atoms with Crippen molar-refractivity contribution >= 4 is 9.84 Å². The number of sulfone groups is 1. The fourth-order valence-electron chi connectivity index (χ4n) is 5.39. The molecule has 37 heavy (non-hydrogen) atoms. The lowest BCUT2D eigenvalue weighted by atomic mass is 9.93. The minimum atomic E-state index is -2.98. The molecule has 2 aromatic carbocycles. The van der Waals surface area contributed by atoms with Crippen LogP contribution in [0.2, 0.25) is 0 Å². The number of pyridine rings is 1. The summed E-state index contributed by atoms with van der Waals surface area (Å²) in [7, 11) is -2.98. The topological polar surface area (TPSA) is 65.5 Å². The molecule has 1 heterocycles. The number of fused-ring (bicyclic) bond motifs is 3. The van der Waals surface area contributed by atoms with E-state index in [4.69, 9.17) is 9.47 Å². The number of hydrogen-bond acceptors (Lipinski definition) is 5. The molecule has 1 saturated carbocycles.